The summed E-state index contributed by atoms with van der Waals surface area (Å²) in [6, 6.07) is 4.24. The number of pyridine rings is 1. The average Bonchev–Trinajstić information content (AvgIpc) is 2.37. The largest absolute Gasteiger partial charge is 0.357 e. The van der Waals surface area contributed by atoms with E-state index in [-0.39, 0.29) is 0 Å². The zero-order chi connectivity index (χ0) is 12.3. The molecule has 1 aliphatic carbocycles. The van der Waals surface area contributed by atoms with E-state index in [4.69, 9.17) is 5.73 Å². The summed E-state index contributed by atoms with van der Waals surface area (Å²) in [4.78, 5) is 6.62. The van der Waals surface area contributed by atoms with Crippen LogP contribution in [0.1, 0.15) is 29.7 Å². The van der Waals surface area contributed by atoms with E-state index in [1.165, 1.54) is 18.4 Å². The number of hydrogen-bond donors (Lipinski definition) is 1. The summed E-state index contributed by atoms with van der Waals surface area (Å²) in [5.74, 6) is 0.776. The van der Waals surface area contributed by atoms with Crippen molar-refractivity contribution in [2.24, 2.45) is 5.73 Å². The quantitative estimate of drug-likeness (QED) is 0.848. The van der Waals surface area contributed by atoms with Crippen LogP contribution < -0.4 is 10.6 Å². The Labute approximate surface area is 102 Å². The van der Waals surface area contributed by atoms with Crippen LogP contribution in [0.25, 0.3) is 0 Å². The van der Waals surface area contributed by atoms with E-state index in [0.717, 1.165) is 30.9 Å². The smallest absolute Gasteiger partial charge is 0.146 e. The van der Waals surface area contributed by atoms with E-state index < -0.39 is 0 Å². The average molecular weight is 230 g/mol. The van der Waals surface area contributed by atoms with E-state index in [1.807, 2.05) is 18.0 Å². The van der Waals surface area contributed by atoms with Crippen molar-refractivity contribution in [1.82, 2.24) is 4.98 Å². The highest BCUT2D eigenvalue weighted by Gasteiger charge is 2.16. The predicted molar refractivity (Wildman–Crippen MR) is 67.9 cm³/mol. The van der Waals surface area contributed by atoms with Crippen molar-refractivity contribution in [2.45, 2.75) is 25.7 Å². The van der Waals surface area contributed by atoms with Crippen molar-refractivity contribution in [2.75, 3.05) is 25.0 Å². The summed E-state index contributed by atoms with van der Waals surface area (Å²) in [6.07, 6.45) is 4.49. The zero-order valence-electron chi connectivity index (χ0n) is 10.2. The van der Waals surface area contributed by atoms with E-state index in [9.17, 15) is 5.26 Å². The zero-order valence-corrected chi connectivity index (χ0v) is 10.2. The summed E-state index contributed by atoms with van der Waals surface area (Å²) < 4.78 is 0. The summed E-state index contributed by atoms with van der Waals surface area (Å²) in [5, 5.41) is 9.19. The highest BCUT2D eigenvalue weighted by molar-refractivity contribution is 5.56. The van der Waals surface area contributed by atoms with Crippen LogP contribution in [-0.2, 0) is 12.8 Å². The van der Waals surface area contributed by atoms with Gasteiger partial charge in [-0.25, -0.2) is 4.98 Å². The minimum atomic E-state index is 0.570. The maximum Gasteiger partial charge on any atom is 0.146 e. The first kappa shape index (κ1) is 11.9. The molecule has 4 heteroatoms. The summed E-state index contributed by atoms with van der Waals surface area (Å²) in [7, 11) is 1.94. The molecule has 0 spiro atoms. The fourth-order valence-electron chi connectivity index (χ4n) is 2.30. The van der Waals surface area contributed by atoms with Gasteiger partial charge in [0.25, 0.3) is 0 Å². The summed E-state index contributed by atoms with van der Waals surface area (Å²) in [6.45, 7) is 1.29. The lowest BCUT2D eigenvalue weighted by atomic mass is 9.95. The molecular formula is C13H18N4. The second-order valence-corrected chi connectivity index (χ2v) is 4.49. The van der Waals surface area contributed by atoms with Crippen molar-refractivity contribution in [3.63, 3.8) is 0 Å². The minimum Gasteiger partial charge on any atom is -0.357 e. The number of hydrogen-bond acceptors (Lipinski definition) is 4. The molecule has 0 unspecified atom stereocenters. The van der Waals surface area contributed by atoms with Crippen LogP contribution in [0, 0.1) is 11.3 Å². The number of nitrogens with two attached hydrogens (primary N) is 1. The van der Waals surface area contributed by atoms with Crippen molar-refractivity contribution in [1.29, 1.82) is 5.26 Å². The third-order valence-corrected chi connectivity index (χ3v) is 3.23. The third-order valence-electron chi connectivity index (χ3n) is 3.23. The van der Waals surface area contributed by atoms with E-state index in [2.05, 4.69) is 11.1 Å². The van der Waals surface area contributed by atoms with Crippen LogP contribution in [0.3, 0.4) is 0 Å². The van der Waals surface area contributed by atoms with Crippen LogP contribution in [0.15, 0.2) is 6.07 Å². The first-order valence-electron chi connectivity index (χ1n) is 6.10. The van der Waals surface area contributed by atoms with E-state index in [1.54, 1.807) is 0 Å². The third kappa shape index (κ3) is 2.40. The van der Waals surface area contributed by atoms with Crippen molar-refractivity contribution in [3.8, 4) is 6.07 Å². The number of aromatic nitrogens is 1. The van der Waals surface area contributed by atoms with E-state index >= 15 is 0 Å². The van der Waals surface area contributed by atoms with Gasteiger partial charge in [0, 0.05) is 25.8 Å². The molecule has 17 heavy (non-hydrogen) atoms. The van der Waals surface area contributed by atoms with Crippen LogP contribution in [0.2, 0.25) is 0 Å². The topological polar surface area (TPSA) is 65.9 Å². The van der Waals surface area contributed by atoms with Crippen LogP contribution >= 0.6 is 0 Å². The van der Waals surface area contributed by atoms with Gasteiger partial charge in [-0.05, 0) is 37.3 Å². The van der Waals surface area contributed by atoms with Gasteiger partial charge in [-0.3, -0.25) is 0 Å². The van der Waals surface area contributed by atoms with Gasteiger partial charge < -0.3 is 10.6 Å². The molecule has 1 aromatic rings. The Morgan fingerprint density at radius 3 is 2.94 bits per heavy atom. The first-order chi connectivity index (χ1) is 8.26. The van der Waals surface area contributed by atoms with Gasteiger partial charge in [0.05, 0.1) is 5.56 Å². The fourth-order valence-corrected chi connectivity index (χ4v) is 2.30. The normalized spacial score (nSPS) is 13.9. The maximum atomic E-state index is 9.19. The Morgan fingerprint density at radius 2 is 2.24 bits per heavy atom. The maximum absolute atomic E-state index is 9.19. The fraction of sp³-hybridized carbons (Fsp3) is 0.538. The van der Waals surface area contributed by atoms with Crippen molar-refractivity contribution < 1.29 is 0 Å². The number of nitrogens with zero attached hydrogens (tertiary/aromatic N) is 3. The van der Waals surface area contributed by atoms with Crippen LogP contribution in [0.5, 0.6) is 0 Å². The Morgan fingerprint density at radius 1 is 1.47 bits per heavy atom. The number of aryl methyl sites for hydroxylation is 2. The lowest BCUT2D eigenvalue weighted by Gasteiger charge is -2.22. The molecule has 1 aliphatic rings. The van der Waals surface area contributed by atoms with Gasteiger partial charge >= 0.3 is 0 Å². The second-order valence-electron chi connectivity index (χ2n) is 4.49. The Bertz CT molecular complexity index is 447. The van der Waals surface area contributed by atoms with Gasteiger partial charge in [-0.1, -0.05) is 0 Å². The molecule has 0 bridgehead atoms. The molecule has 0 saturated heterocycles. The molecule has 0 fully saturated rings. The minimum absolute atomic E-state index is 0.570. The highest BCUT2D eigenvalue weighted by Crippen LogP contribution is 2.25. The molecule has 0 saturated carbocycles. The van der Waals surface area contributed by atoms with Gasteiger partial charge in [0.15, 0.2) is 0 Å². The molecule has 0 radical (unpaired) electrons. The molecule has 0 amide bonds. The monoisotopic (exact) mass is 230 g/mol. The van der Waals surface area contributed by atoms with Gasteiger partial charge in [0.2, 0.25) is 0 Å². The van der Waals surface area contributed by atoms with Crippen LogP contribution in [0.4, 0.5) is 5.82 Å². The molecule has 0 aromatic carbocycles. The summed E-state index contributed by atoms with van der Waals surface area (Å²) in [5.41, 5.74) is 8.62. The predicted octanol–water partition coefficient (Wildman–Crippen LogP) is 1.23. The van der Waals surface area contributed by atoms with Crippen molar-refractivity contribution >= 4 is 5.82 Å². The Balaban J connectivity index is 2.40. The molecular weight excluding hydrogens is 212 g/mol. The second kappa shape index (κ2) is 5.15. The molecule has 90 valence electrons. The number of nitriles is 1. The van der Waals surface area contributed by atoms with E-state index in [0.29, 0.717) is 12.1 Å². The Kier molecular flexibility index (Phi) is 3.60. The Hall–Kier alpha value is -1.60. The number of rotatable bonds is 3. The molecule has 1 aromatic heterocycles. The SMILES string of the molecule is CN(CCN)c1nc2c(cc1C#N)CCCC2. The lowest BCUT2D eigenvalue weighted by Crippen LogP contribution is -2.27. The van der Waals surface area contributed by atoms with Gasteiger partial charge in [-0.2, -0.15) is 5.26 Å². The molecule has 0 aliphatic heterocycles. The molecule has 2 N–H and O–H groups in total. The number of anilines is 1. The van der Waals surface area contributed by atoms with Crippen molar-refractivity contribution in [3.05, 3.63) is 22.9 Å². The molecule has 2 rings (SSSR count). The van der Waals surface area contributed by atoms with Crippen LogP contribution in [-0.4, -0.2) is 25.1 Å². The standard InChI is InChI=1S/C13H18N4/c1-17(7-6-14)13-11(9-15)8-10-4-2-3-5-12(10)16-13/h8H,2-7,14H2,1H3. The van der Waals surface area contributed by atoms with Gasteiger partial charge in [0.1, 0.15) is 11.9 Å². The number of likely N-dealkylation sites (N-methyl/N-ethyl adjacent to an activating group) is 1. The lowest BCUT2D eigenvalue weighted by molar-refractivity contribution is 0.665. The molecule has 4 nitrogen and oxygen atoms in total. The summed E-state index contributed by atoms with van der Waals surface area (Å²) >= 11 is 0. The molecule has 1 heterocycles. The first-order valence-corrected chi connectivity index (χ1v) is 6.10. The van der Waals surface area contributed by atoms with Gasteiger partial charge in [-0.15, -0.1) is 0 Å². The number of fused-ring (bicyclic) bond motifs is 1. The highest BCUT2D eigenvalue weighted by atomic mass is 15.2. The molecule has 0 atom stereocenters.